The summed E-state index contributed by atoms with van der Waals surface area (Å²) in [7, 11) is 0. The Hall–Kier alpha value is -1.01. The molecule has 1 atom stereocenters. The van der Waals surface area contributed by atoms with Crippen LogP contribution in [0.4, 0.5) is 0 Å². The zero-order valence-corrected chi connectivity index (χ0v) is 11.6. The highest BCUT2D eigenvalue weighted by Crippen LogP contribution is 2.32. The van der Waals surface area contributed by atoms with E-state index < -0.39 is 12.0 Å². The fraction of sp³-hybridized carbons (Fsp3) is 0.417. The molecule has 1 aliphatic heterocycles. The first-order valence-electron chi connectivity index (χ1n) is 5.83. The Morgan fingerprint density at radius 3 is 2.89 bits per heavy atom. The summed E-state index contributed by atoms with van der Waals surface area (Å²) in [5, 5.41) is 22.7. The lowest BCUT2D eigenvalue weighted by Crippen LogP contribution is -2.54. The van der Waals surface area contributed by atoms with E-state index in [-0.39, 0.29) is 10.8 Å². The molecule has 1 aromatic rings. The summed E-state index contributed by atoms with van der Waals surface area (Å²) in [6.07, 6.45) is 0. The van der Waals surface area contributed by atoms with Crippen LogP contribution in [-0.4, -0.2) is 46.8 Å². The number of carboxylic acids is 1. The summed E-state index contributed by atoms with van der Waals surface area (Å²) in [4.78, 5) is 13.0. The number of nitrogens with one attached hydrogen (secondary N) is 1. The number of rotatable bonds is 3. The summed E-state index contributed by atoms with van der Waals surface area (Å²) in [6, 6.07) is 2.43. The van der Waals surface area contributed by atoms with Crippen molar-refractivity contribution in [1.29, 1.82) is 0 Å². The zero-order chi connectivity index (χ0) is 14.0. The van der Waals surface area contributed by atoms with Crippen LogP contribution in [0.2, 0.25) is 10.0 Å². The van der Waals surface area contributed by atoms with Gasteiger partial charge in [-0.05, 0) is 12.1 Å². The molecule has 1 aromatic carbocycles. The molecule has 1 unspecified atom stereocenters. The number of hydrogen-bond acceptors (Lipinski definition) is 4. The molecule has 0 aromatic heterocycles. The van der Waals surface area contributed by atoms with Crippen molar-refractivity contribution in [3.8, 4) is 5.75 Å². The van der Waals surface area contributed by atoms with Gasteiger partial charge in [-0.1, -0.05) is 23.2 Å². The van der Waals surface area contributed by atoms with Crippen LogP contribution in [0.5, 0.6) is 5.75 Å². The van der Waals surface area contributed by atoms with Crippen molar-refractivity contribution >= 4 is 29.2 Å². The van der Waals surface area contributed by atoms with E-state index >= 15 is 0 Å². The van der Waals surface area contributed by atoms with Crippen LogP contribution >= 0.6 is 23.2 Å². The monoisotopic (exact) mass is 304 g/mol. The fourth-order valence-electron chi connectivity index (χ4n) is 2.14. The molecule has 1 aliphatic rings. The largest absolute Gasteiger partial charge is 0.506 e. The number of hydrogen-bond donors (Lipinski definition) is 3. The number of benzene rings is 1. The molecule has 0 aliphatic carbocycles. The lowest BCUT2D eigenvalue weighted by Gasteiger charge is -2.33. The van der Waals surface area contributed by atoms with Gasteiger partial charge in [0.2, 0.25) is 0 Å². The SMILES string of the molecule is O=C(O)C1CNCCN1Cc1cc(Cl)cc(Cl)c1O. The van der Waals surface area contributed by atoms with Crippen LogP contribution in [0, 0.1) is 0 Å². The normalized spacial score (nSPS) is 20.4. The topological polar surface area (TPSA) is 72.8 Å². The second-order valence-corrected chi connectivity index (χ2v) is 5.27. The second kappa shape index (κ2) is 5.96. The minimum Gasteiger partial charge on any atom is -0.506 e. The summed E-state index contributed by atoms with van der Waals surface area (Å²) in [5.41, 5.74) is 0.533. The summed E-state index contributed by atoms with van der Waals surface area (Å²) >= 11 is 11.8. The number of phenolic OH excluding ortho intramolecular Hbond substituents is 1. The summed E-state index contributed by atoms with van der Waals surface area (Å²) < 4.78 is 0. The van der Waals surface area contributed by atoms with Gasteiger partial charge in [0, 0.05) is 36.8 Å². The molecule has 0 spiro atoms. The van der Waals surface area contributed by atoms with E-state index in [2.05, 4.69) is 5.32 Å². The summed E-state index contributed by atoms with van der Waals surface area (Å²) in [5.74, 6) is -0.937. The smallest absolute Gasteiger partial charge is 0.322 e. The first kappa shape index (κ1) is 14.4. The lowest BCUT2D eigenvalue weighted by atomic mass is 10.1. The highest BCUT2D eigenvalue weighted by Gasteiger charge is 2.29. The average Bonchev–Trinajstić information content (AvgIpc) is 2.35. The number of aromatic hydroxyl groups is 1. The van der Waals surface area contributed by atoms with Gasteiger partial charge in [-0.15, -0.1) is 0 Å². The number of halogens is 2. The molecule has 1 saturated heterocycles. The van der Waals surface area contributed by atoms with E-state index in [0.717, 1.165) is 0 Å². The third-order valence-electron chi connectivity index (χ3n) is 3.12. The van der Waals surface area contributed by atoms with Crippen molar-refractivity contribution in [1.82, 2.24) is 10.2 Å². The van der Waals surface area contributed by atoms with Gasteiger partial charge in [0.25, 0.3) is 0 Å². The Labute approximate surface area is 120 Å². The van der Waals surface area contributed by atoms with Gasteiger partial charge in [0.1, 0.15) is 11.8 Å². The van der Waals surface area contributed by atoms with Crippen LogP contribution in [0.15, 0.2) is 12.1 Å². The number of nitrogens with zero attached hydrogens (tertiary/aromatic N) is 1. The maximum atomic E-state index is 11.2. The highest BCUT2D eigenvalue weighted by atomic mass is 35.5. The quantitative estimate of drug-likeness (QED) is 0.790. The fourth-order valence-corrected chi connectivity index (χ4v) is 2.67. The van der Waals surface area contributed by atoms with E-state index in [1.807, 2.05) is 0 Å². The van der Waals surface area contributed by atoms with Crippen molar-refractivity contribution in [2.45, 2.75) is 12.6 Å². The van der Waals surface area contributed by atoms with Crippen molar-refractivity contribution in [3.63, 3.8) is 0 Å². The van der Waals surface area contributed by atoms with Crippen LogP contribution in [0.1, 0.15) is 5.56 Å². The molecule has 1 heterocycles. The van der Waals surface area contributed by atoms with Crippen molar-refractivity contribution in [3.05, 3.63) is 27.7 Å². The molecule has 0 radical (unpaired) electrons. The number of piperazine rings is 1. The van der Waals surface area contributed by atoms with Gasteiger partial charge in [0.05, 0.1) is 5.02 Å². The molecule has 2 rings (SSSR count). The third kappa shape index (κ3) is 3.30. The average molecular weight is 305 g/mol. The molecule has 0 saturated carbocycles. The summed E-state index contributed by atoms with van der Waals surface area (Å²) in [6.45, 7) is 1.97. The van der Waals surface area contributed by atoms with Crippen molar-refractivity contribution < 1.29 is 15.0 Å². The number of aliphatic carboxylic acids is 1. The Balaban J connectivity index is 2.22. The lowest BCUT2D eigenvalue weighted by molar-refractivity contribution is -0.144. The third-order valence-corrected chi connectivity index (χ3v) is 3.63. The van der Waals surface area contributed by atoms with Gasteiger partial charge >= 0.3 is 5.97 Å². The molecule has 1 fully saturated rings. The first-order valence-corrected chi connectivity index (χ1v) is 6.59. The van der Waals surface area contributed by atoms with E-state index in [1.54, 1.807) is 11.0 Å². The van der Waals surface area contributed by atoms with Crippen molar-refractivity contribution in [2.75, 3.05) is 19.6 Å². The minimum absolute atomic E-state index is 0.0475. The van der Waals surface area contributed by atoms with Gasteiger partial charge in [-0.2, -0.15) is 0 Å². The maximum Gasteiger partial charge on any atom is 0.322 e. The number of carboxylic acid groups (broad SMARTS) is 1. The zero-order valence-electron chi connectivity index (χ0n) is 10.1. The molecule has 7 heteroatoms. The van der Waals surface area contributed by atoms with Crippen LogP contribution in [0.3, 0.4) is 0 Å². The van der Waals surface area contributed by atoms with E-state index in [0.29, 0.717) is 36.8 Å². The van der Waals surface area contributed by atoms with E-state index in [1.165, 1.54) is 6.07 Å². The standard InChI is InChI=1S/C12H14Cl2N2O3/c13-8-3-7(11(17)9(14)4-8)6-16-2-1-15-5-10(16)12(18)19/h3-4,10,15,17H,1-2,5-6H2,(H,18,19). The van der Waals surface area contributed by atoms with E-state index in [9.17, 15) is 9.90 Å². The molecule has 3 N–H and O–H groups in total. The molecule has 19 heavy (non-hydrogen) atoms. The van der Waals surface area contributed by atoms with Crippen LogP contribution in [0.25, 0.3) is 0 Å². The van der Waals surface area contributed by atoms with Gasteiger partial charge in [-0.25, -0.2) is 0 Å². The van der Waals surface area contributed by atoms with Gasteiger partial charge in [-0.3, -0.25) is 9.69 Å². The molecule has 5 nitrogen and oxygen atoms in total. The molecular weight excluding hydrogens is 291 g/mol. The molecule has 104 valence electrons. The second-order valence-electron chi connectivity index (χ2n) is 4.42. The van der Waals surface area contributed by atoms with E-state index in [4.69, 9.17) is 28.3 Å². The predicted molar refractivity (Wildman–Crippen MR) is 72.8 cm³/mol. The molecule has 0 bridgehead atoms. The molecular formula is C12H14Cl2N2O3. The highest BCUT2D eigenvalue weighted by molar-refractivity contribution is 6.35. The van der Waals surface area contributed by atoms with Crippen LogP contribution < -0.4 is 5.32 Å². The van der Waals surface area contributed by atoms with Gasteiger partial charge < -0.3 is 15.5 Å². The maximum absolute atomic E-state index is 11.2. The Morgan fingerprint density at radius 2 is 2.21 bits per heavy atom. The van der Waals surface area contributed by atoms with Crippen molar-refractivity contribution in [2.24, 2.45) is 0 Å². The number of phenols is 1. The Bertz CT molecular complexity index is 496. The number of carbonyl (C=O) groups is 1. The minimum atomic E-state index is -0.889. The van der Waals surface area contributed by atoms with Gasteiger partial charge in [0.15, 0.2) is 0 Å². The van der Waals surface area contributed by atoms with Crippen LogP contribution in [-0.2, 0) is 11.3 Å². The Morgan fingerprint density at radius 1 is 1.47 bits per heavy atom. The predicted octanol–water partition coefficient (Wildman–Crippen LogP) is 1.56. The molecule has 0 amide bonds. The first-order chi connectivity index (χ1) is 8.99. The Kier molecular flexibility index (Phi) is 4.52.